The van der Waals surface area contributed by atoms with Crippen molar-refractivity contribution in [2.45, 2.75) is 0 Å². The van der Waals surface area contributed by atoms with Gasteiger partial charge in [0.1, 0.15) is 11.3 Å². The fraction of sp³-hybridized carbons (Fsp3) is 0.0500. The molecule has 4 rings (SSSR count). The second-order valence-corrected chi connectivity index (χ2v) is 6.77. The molecule has 0 saturated carbocycles. The third-order valence-electron chi connectivity index (χ3n) is 4.08. The van der Waals surface area contributed by atoms with Gasteiger partial charge in [0.25, 0.3) is 0 Å². The Morgan fingerprint density at radius 3 is 2.67 bits per heavy atom. The number of anilines is 1. The number of nitrogens with zero attached hydrogens (tertiary/aromatic N) is 2. The minimum atomic E-state index is -0.487. The molecule has 0 atom stereocenters. The predicted octanol–water partition coefficient (Wildman–Crippen LogP) is 4.27. The summed E-state index contributed by atoms with van der Waals surface area (Å²) in [4.78, 5) is 21.0. The minimum absolute atomic E-state index is 0.0686. The van der Waals surface area contributed by atoms with Crippen LogP contribution in [0.4, 0.5) is 5.95 Å². The Morgan fingerprint density at radius 1 is 1.04 bits per heavy atom. The quantitative estimate of drug-likeness (QED) is 0.494. The van der Waals surface area contributed by atoms with E-state index in [0.717, 1.165) is 15.4 Å². The number of nitrogens with two attached hydrogens (primary N) is 1. The summed E-state index contributed by atoms with van der Waals surface area (Å²) in [6, 6.07) is 16.3. The second-order valence-electron chi connectivity index (χ2n) is 5.86. The van der Waals surface area contributed by atoms with Gasteiger partial charge in [0.2, 0.25) is 5.95 Å². The van der Waals surface area contributed by atoms with Crippen molar-refractivity contribution in [3.05, 3.63) is 69.5 Å². The summed E-state index contributed by atoms with van der Waals surface area (Å²) in [5.74, 6) is 0.764. The van der Waals surface area contributed by atoms with E-state index >= 15 is 0 Å². The molecule has 0 bridgehead atoms. The number of nitrogen functional groups attached to an aromatic ring is 1. The number of halogens is 1. The van der Waals surface area contributed by atoms with E-state index in [0.29, 0.717) is 28.3 Å². The highest BCUT2D eigenvalue weighted by Crippen LogP contribution is 2.27. The summed E-state index contributed by atoms with van der Waals surface area (Å²) in [5.41, 5.74) is 8.02. The molecule has 0 aliphatic carbocycles. The molecule has 0 fully saturated rings. The lowest BCUT2D eigenvalue weighted by atomic mass is 10.1. The molecule has 2 heterocycles. The van der Waals surface area contributed by atoms with Crippen LogP contribution >= 0.6 is 15.9 Å². The van der Waals surface area contributed by atoms with Gasteiger partial charge in [-0.05, 0) is 42.5 Å². The molecule has 2 N–H and O–H groups in total. The van der Waals surface area contributed by atoms with Gasteiger partial charge in [-0.15, -0.1) is 0 Å². The molecule has 0 spiro atoms. The molecule has 2 aromatic heterocycles. The van der Waals surface area contributed by atoms with Gasteiger partial charge >= 0.3 is 5.63 Å². The van der Waals surface area contributed by atoms with Crippen molar-refractivity contribution in [1.82, 2.24) is 9.97 Å². The first kappa shape index (κ1) is 17.2. The average molecular weight is 424 g/mol. The number of hydrogen-bond donors (Lipinski definition) is 1. The first-order valence-corrected chi connectivity index (χ1v) is 8.85. The standard InChI is InChI=1S/C20H14BrN3O3/c1-26-14-4-2-3-11(8-14)16-10-17(24-20(22)23-16)15-9-12-7-13(21)5-6-18(12)27-19(15)25/h2-10H,1H3,(H2,22,23,24). The molecule has 0 radical (unpaired) electrons. The third kappa shape index (κ3) is 3.41. The predicted molar refractivity (Wildman–Crippen MR) is 108 cm³/mol. The van der Waals surface area contributed by atoms with Crippen LogP contribution in [0.15, 0.2) is 68.3 Å². The van der Waals surface area contributed by atoms with E-state index in [2.05, 4.69) is 25.9 Å². The number of ether oxygens (including phenoxy) is 1. The zero-order valence-corrected chi connectivity index (χ0v) is 15.9. The van der Waals surface area contributed by atoms with Crippen LogP contribution in [-0.4, -0.2) is 17.1 Å². The summed E-state index contributed by atoms with van der Waals surface area (Å²) >= 11 is 3.42. The van der Waals surface area contributed by atoms with Crippen LogP contribution in [0.3, 0.4) is 0 Å². The number of methoxy groups -OCH3 is 1. The van der Waals surface area contributed by atoms with Crippen molar-refractivity contribution in [1.29, 1.82) is 0 Å². The molecule has 0 amide bonds. The van der Waals surface area contributed by atoms with Gasteiger partial charge in [-0.3, -0.25) is 0 Å². The van der Waals surface area contributed by atoms with E-state index in [1.165, 1.54) is 0 Å². The summed E-state index contributed by atoms with van der Waals surface area (Å²) in [5, 5.41) is 0.777. The Labute approximate surface area is 162 Å². The van der Waals surface area contributed by atoms with Crippen molar-refractivity contribution >= 4 is 32.8 Å². The first-order chi connectivity index (χ1) is 13.0. The Balaban J connectivity index is 1.89. The lowest BCUT2D eigenvalue weighted by Crippen LogP contribution is -2.06. The van der Waals surface area contributed by atoms with E-state index in [1.807, 2.05) is 36.4 Å². The number of aromatic nitrogens is 2. The third-order valence-corrected chi connectivity index (χ3v) is 4.57. The van der Waals surface area contributed by atoms with Crippen LogP contribution < -0.4 is 16.1 Å². The van der Waals surface area contributed by atoms with Crippen LogP contribution in [-0.2, 0) is 0 Å². The molecule has 0 unspecified atom stereocenters. The van der Waals surface area contributed by atoms with E-state index in [9.17, 15) is 4.79 Å². The largest absolute Gasteiger partial charge is 0.497 e. The summed E-state index contributed by atoms with van der Waals surface area (Å²) in [6.45, 7) is 0. The molecule has 7 heteroatoms. The number of hydrogen-bond acceptors (Lipinski definition) is 6. The van der Waals surface area contributed by atoms with Gasteiger partial charge in [0, 0.05) is 15.4 Å². The number of benzene rings is 2. The number of fused-ring (bicyclic) bond motifs is 1. The smallest absolute Gasteiger partial charge is 0.345 e. The maximum Gasteiger partial charge on any atom is 0.345 e. The monoisotopic (exact) mass is 423 g/mol. The fourth-order valence-corrected chi connectivity index (χ4v) is 3.19. The van der Waals surface area contributed by atoms with Crippen LogP contribution in [0.5, 0.6) is 5.75 Å². The van der Waals surface area contributed by atoms with Gasteiger partial charge < -0.3 is 14.9 Å². The summed E-state index contributed by atoms with van der Waals surface area (Å²) in [7, 11) is 1.59. The van der Waals surface area contributed by atoms with Crippen LogP contribution in [0.2, 0.25) is 0 Å². The normalized spacial score (nSPS) is 10.9. The van der Waals surface area contributed by atoms with Crippen molar-refractivity contribution in [2.24, 2.45) is 0 Å². The zero-order chi connectivity index (χ0) is 19.0. The maximum absolute atomic E-state index is 12.5. The second kappa shape index (κ2) is 6.85. The van der Waals surface area contributed by atoms with Gasteiger partial charge in [-0.2, -0.15) is 0 Å². The highest BCUT2D eigenvalue weighted by molar-refractivity contribution is 9.10. The SMILES string of the molecule is COc1cccc(-c2cc(-c3cc4cc(Br)ccc4oc3=O)nc(N)n2)c1. The van der Waals surface area contributed by atoms with Crippen molar-refractivity contribution in [3.8, 4) is 28.3 Å². The minimum Gasteiger partial charge on any atom is -0.497 e. The molecular weight excluding hydrogens is 410 g/mol. The van der Waals surface area contributed by atoms with Gasteiger partial charge in [0.15, 0.2) is 0 Å². The Morgan fingerprint density at radius 2 is 1.85 bits per heavy atom. The molecule has 4 aromatic rings. The Bertz CT molecular complexity index is 1220. The van der Waals surface area contributed by atoms with Gasteiger partial charge in [-0.25, -0.2) is 14.8 Å². The summed E-state index contributed by atoms with van der Waals surface area (Å²) in [6.07, 6.45) is 0. The van der Waals surface area contributed by atoms with Crippen molar-refractivity contribution < 1.29 is 9.15 Å². The Hall–Kier alpha value is -3.19. The van der Waals surface area contributed by atoms with E-state index in [4.69, 9.17) is 14.9 Å². The van der Waals surface area contributed by atoms with Crippen LogP contribution in [0.1, 0.15) is 0 Å². The van der Waals surface area contributed by atoms with Gasteiger partial charge in [0.05, 0.1) is 24.1 Å². The van der Waals surface area contributed by atoms with Crippen molar-refractivity contribution in [2.75, 3.05) is 12.8 Å². The molecular formula is C20H14BrN3O3. The highest BCUT2D eigenvalue weighted by Gasteiger charge is 2.13. The molecule has 6 nitrogen and oxygen atoms in total. The van der Waals surface area contributed by atoms with E-state index in [1.54, 1.807) is 25.3 Å². The zero-order valence-electron chi connectivity index (χ0n) is 14.3. The lowest BCUT2D eigenvalue weighted by Gasteiger charge is -2.08. The fourth-order valence-electron chi connectivity index (χ4n) is 2.81. The summed E-state index contributed by atoms with van der Waals surface area (Å²) < 4.78 is 11.6. The number of rotatable bonds is 3. The highest BCUT2D eigenvalue weighted by atomic mass is 79.9. The molecule has 0 aliphatic heterocycles. The lowest BCUT2D eigenvalue weighted by molar-refractivity contribution is 0.415. The maximum atomic E-state index is 12.5. The molecule has 134 valence electrons. The Kier molecular flexibility index (Phi) is 4.37. The molecule has 0 aliphatic rings. The molecule has 27 heavy (non-hydrogen) atoms. The molecule has 0 saturated heterocycles. The van der Waals surface area contributed by atoms with Crippen LogP contribution in [0.25, 0.3) is 33.5 Å². The topological polar surface area (TPSA) is 91.2 Å². The average Bonchev–Trinajstić information content (AvgIpc) is 2.67. The van der Waals surface area contributed by atoms with Crippen LogP contribution in [0, 0.1) is 0 Å². The van der Waals surface area contributed by atoms with E-state index < -0.39 is 5.63 Å². The van der Waals surface area contributed by atoms with E-state index in [-0.39, 0.29) is 5.95 Å². The molecule has 2 aromatic carbocycles. The van der Waals surface area contributed by atoms with Gasteiger partial charge in [-0.1, -0.05) is 28.1 Å². The first-order valence-electron chi connectivity index (χ1n) is 8.06. The van der Waals surface area contributed by atoms with Crippen molar-refractivity contribution in [3.63, 3.8) is 0 Å².